The number of para-hydroxylation sites is 1. The number of rotatable bonds is 9. The third-order valence-electron chi connectivity index (χ3n) is 4.90. The van der Waals surface area contributed by atoms with Crippen molar-refractivity contribution in [3.63, 3.8) is 0 Å². The Hall–Kier alpha value is -3.38. The van der Waals surface area contributed by atoms with Crippen LogP contribution < -0.4 is 14.8 Å². The highest BCUT2D eigenvalue weighted by molar-refractivity contribution is 7.91. The summed E-state index contributed by atoms with van der Waals surface area (Å²) in [6, 6.07) is 15.5. The van der Waals surface area contributed by atoms with E-state index in [1.807, 2.05) is 12.1 Å². The molecule has 0 aliphatic carbocycles. The zero-order chi connectivity index (χ0) is 24.8. The van der Waals surface area contributed by atoms with Crippen LogP contribution in [0.2, 0.25) is 5.02 Å². The number of nitrogens with zero attached hydrogens (tertiary/aromatic N) is 3. The summed E-state index contributed by atoms with van der Waals surface area (Å²) in [5, 5.41) is 11.7. The Morgan fingerprint density at radius 3 is 2.51 bits per heavy atom. The van der Waals surface area contributed by atoms with Crippen molar-refractivity contribution in [1.82, 2.24) is 19.9 Å². The molecule has 0 radical (unpaired) electrons. The van der Waals surface area contributed by atoms with Gasteiger partial charge in [0.1, 0.15) is 0 Å². The van der Waals surface area contributed by atoms with E-state index >= 15 is 0 Å². The highest BCUT2D eigenvalue weighted by Gasteiger charge is 2.23. The van der Waals surface area contributed by atoms with Gasteiger partial charge in [-0.2, -0.15) is 0 Å². The summed E-state index contributed by atoms with van der Waals surface area (Å²) in [6.45, 7) is 0.193. The molecule has 0 atom stereocenters. The fourth-order valence-electron chi connectivity index (χ4n) is 3.19. The molecule has 180 valence electrons. The maximum atomic E-state index is 12.7. The van der Waals surface area contributed by atoms with Crippen molar-refractivity contribution in [3.05, 3.63) is 83.1 Å². The second-order valence-electron chi connectivity index (χ2n) is 7.22. The van der Waals surface area contributed by atoms with Gasteiger partial charge in [-0.1, -0.05) is 41.1 Å². The van der Waals surface area contributed by atoms with Crippen molar-refractivity contribution in [2.75, 3.05) is 19.0 Å². The monoisotopic (exact) mass is 529 g/mol. The van der Waals surface area contributed by atoms with E-state index in [-0.39, 0.29) is 16.8 Å². The number of hydrogen-bond donors (Lipinski definition) is 2. The Labute approximate surface area is 211 Å². The van der Waals surface area contributed by atoms with E-state index < -0.39 is 10.0 Å². The SMILES string of the molecule is COc1c(NC(=O)c2ccncc2)cccc1-c1nnc(S(=O)(=O)NCCc2ccc(Cl)cc2)s1. The largest absolute Gasteiger partial charge is 0.494 e. The van der Waals surface area contributed by atoms with Gasteiger partial charge in [-0.3, -0.25) is 9.78 Å². The lowest BCUT2D eigenvalue weighted by Crippen LogP contribution is -2.25. The molecule has 0 bridgehead atoms. The first kappa shape index (κ1) is 24.7. The van der Waals surface area contributed by atoms with Crippen molar-refractivity contribution in [2.45, 2.75) is 10.8 Å². The molecule has 4 aromatic rings. The average Bonchev–Trinajstić information content (AvgIpc) is 3.37. The predicted octanol–water partition coefficient (Wildman–Crippen LogP) is 4.04. The topological polar surface area (TPSA) is 123 Å². The molecule has 35 heavy (non-hydrogen) atoms. The smallest absolute Gasteiger partial charge is 0.269 e. The maximum absolute atomic E-state index is 12.7. The number of methoxy groups -OCH3 is 1. The van der Waals surface area contributed by atoms with Gasteiger partial charge in [0.15, 0.2) is 10.8 Å². The molecule has 1 amide bonds. The van der Waals surface area contributed by atoms with Gasteiger partial charge in [0, 0.05) is 29.5 Å². The third kappa shape index (κ3) is 6.01. The van der Waals surface area contributed by atoms with E-state index in [4.69, 9.17) is 16.3 Å². The van der Waals surface area contributed by atoms with Crippen molar-refractivity contribution in [1.29, 1.82) is 0 Å². The van der Waals surface area contributed by atoms with Gasteiger partial charge in [-0.25, -0.2) is 13.1 Å². The van der Waals surface area contributed by atoms with Crippen molar-refractivity contribution in [3.8, 4) is 16.3 Å². The molecular formula is C23H20ClN5O4S2. The molecular weight excluding hydrogens is 510 g/mol. The first-order chi connectivity index (χ1) is 16.9. The summed E-state index contributed by atoms with van der Waals surface area (Å²) in [7, 11) is -2.40. The summed E-state index contributed by atoms with van der Waals surface area (Å²) in [4.78, 5) is 16.5. The quantitative estimate of drug-likeness (QED) is 0.335. The standard InChI is InChI=1S/C23H20ClN5O4S2/c1-33-20-18(3-2-4-19(20)27-21(30)16-10-12-25-13-11-16)22-28-29-23(34-22)35(31,32)26-14-9-15-5-7-17(24)8-6-15/h2-8,10-13,26H,9,14H2,1H3,(H,27,30). The number of sulfonamides is 1. The zero-order valence-corrected chi connectivity index (χ0v) is 20.8. The van der Waals surface area contributed by atoms with E-state index in [0.717, 1.165) is 16.9 Å². The van der Waals surface area contributed by atoms with Gasteiger partial charge in [-0.15, -0.1) is 10.2 Å². The number of halogens is 1. The van der Waals surface area contributed by atoms with Crippen LogP contribution in [0.15, 0.2) is 71.3 Å². The lowest BCUT2D eigenvalue weighted by atomic mass is 10.1. The molecule has 9 nitrogen and oxygen atoms in total. The molecule has 0 saturated heterocycles. The number of amides is 1. The minimum Gasteiger partial charge on any atom is -0.494 e. The molecule has 2 aromatic carbocycles. The highest BCUT2D eigenvalue weighted by Crippen LogP contribution is 2.38. The number of ether oxygens (including phenoxy) is 1. The van der Waals surface area contributed by atoms with Gasteiger partial charge in [0.25, 0.3) is 15.9 Å². The van der Waals surface area contributed by atoms with Gasteiger partial charge >= 0.3 is 0 Å². The average molecular weight is 530 g/mol. The summed E-state index contributed by atoms with van der Waals surface area (Å²) in [5.41, 5.74) is 2.29. The molecule has 4 rings (SSSR count). The van der Waals surface area contributed by atoms with E-state index in [9.17, 15) is 13.2 Å². The number of anilines is 1. The van der Waals surface area contributed by atoms with Crippen molar-refractivity contribution >= 4 is 44.6 Å². The number of nitrogens with one attached hydrogen (secondary N) is 2. The Kier molecular flexibility index (Phi) is 7.71. The van der Waals surface area contributed by atoms with Gasteiger partial charge in [0.05, 0.1) is 18.4 Å². The summed E-state index contributed by atoms with van der Waals surface area (Å²) in [5.74, 6) is -0.000954. The molecule has 2 N–H and O–H groups in total. The molecule has 2 aromatic heterocycles. The number of benzene rings is 2. The molecule has 0 spiro atoms. The molecule has 12 heteroatoms. The molecule has 0 unspecified atom stereocenters. The summed E-state index contributed by atoms with van der Waals surface area (Å²) < 4.78 is 33.3. The third-order valence-corrected chi connectivity index (χ3v) is 7.93. The Balaban J connectivity index is 1.50. The number of aromatic nitrogens is 3. The predicted molar refractivity (Wildman–Crippen MR) is 134 cm³/mol. The maximum Gasteiger partial charge on any atom is 0.269 e. The van der Waals surface area contributed by atoms with E-state index in [2.05, 4.69) is 25.2 Å². The first-order valence-corrected chi connectivity index (χ1v) is 13.0. The Morgan fingerprint density at radius 1 is 1.06 bits per heavy atom. The van der Waals surface area contributed by atoms with Crippen LogP contribution >= 0.6 is 22.9 Å². The van der Waals surface area contributed by atoms with Gasteiger partial charge in [0.2, 0.25) is 4.34 Å². The molecule has 0 fully saturated rings. The van der Waals surface area contributed by atoms with Gasteiger partial charge < -0.3 is 10.1 Å². The molecule has 0 aliphatic heterocycles. The van der Waals surface area contributed by atoms with Crippen molar-refractivity contribution in [2.24, 2.45) is 0 Å². The van der Waals surface area contributed by atoms with Crippen LogP contribution in [0, 0.1) is 0 Å². The van der Waals surface area contributed by atoms with Crippen LogP contribution in [0.5, 0.6) is 5.75 Å². The van der Waals surface area contributed by atoms with Crippen LogP contribution in [-0.4, -0.2) is 43.2 Å². The number of carbonyl (C=O) groups excluding carboxylic acids is 1. The van der Waals surface area contributed by atoms with Crippen molar-refractivity contribution < 1.29 is 17.9 Å². The summed E-state index contributed by atoms with van der Waals surface area (Å²) >= 11 is 6.78. The van der Waals surface area contributed by atoms with Crippen LogP contribution in [0.25, 0.3) is 10.6 Å². The number of hydrogen-bond acceptors (Lipinski definition) is 8. The lowest BCUT2D eigenvalue weighted by Gasteiger charge is -2.13. The normalized spacial score (nSPS) is 11.3. The van der Waals surface area contributed by atoms with E-state index in [0.29, 0.717) is 39.0 Å². The second-order valence-corrected chi connectivity index (χ2v) is 10.6. The lowest BCUT2D eigenvalue weighted by molar-refractivity contribution is 0.102. The zero-order valence-electron chi connectivity index (χ0n) is 18.4. The van der Waals surface area contributed by atoms with Crippen LogP contribution in [0.3, 0.4) is 0 Å². The highest BCUT2D eigenvalue weighted by atomic mass is 35.5. The summed E-state index contributed by atoms with van der Waals surface area (Å²) in [6.07, 6.45) is 3.54. The minimum absolute atomic E-state index is 0.170. The fraction of sp³-hybridized carbons (Fsp3) is 0.130. The Morgan fingerprint density at radius 2 is 1.80 bits per heavy atom. The van der Waals surface area contributed by atoms with Crippen LogP contribution in [0.1, 0.15) is 15.9 Å². The van der Waals surface area contributed by atoms with Crippen LogP contribution in [0.4, 0.5) is 5.69 Å². The van der Waals surface area contributed by atoms with E-state index in [1.54, 1.807) is 42.5 Å². The molecule has 2 heterocycles. The van der Waals surface area contributed by atoms with Crippen LogP contribution in [-0.2, 0) is 16.4 Å². The molecule has 0 aliphatic rings. The first-order valence-electron chi connectivity index (χ1n) is 10.3. The second kappa shape index (κ2) is 10.9. The fourth-order valence-corrected chi connectivity index (χ4v) is 5.41. The molecule has 0 saturated carbocycles. The van der Waals surface area contributed by atoms with Gasteiger partial charge in [-0.05, 0) is 48.4 Å². The Bertz CT molecular complexity index is 1430. The number of pyridine rings is 1. The number of carbonyl (C=O) groups is 1. The van der Waals surface area contributed by atoms with E-state index in [1.165, 1.54) is 19.5 Å². The minimum atomic E-state index is -3.86.